The van der Waals surface area contributed by atoms with E-state index in [1.165, 1.54) is 5.70 Å². The second-order valence-corrected chi connectivity index (χ2v) is 3.31. The Balaban J connectivity index is 2.58. The summed E-state index contributed by atoms with van der Waals surface area (Å²) in [4.78, 5) is 4.33. The van der Waals surface area contributed by atoms with Crippen molar-refractivity contribution in [1.29, 1.82) is 0 Å². The maximum Gasteiger partial charge on any atom is 0.0629 e. The number of para-hydroxylation sites is 1. The van der Waals surface area contributed by atoms with Gasteiger partial charge in [-0.15, -0.1) is 0 Å². The van der Waals surface area contributed by atoms with E-state index in [-0.39, 0.29) is 0 Å². The van der Waals surface area contributed by atoms with Gasteiger partial charge >= 0.3 is 0 Å². The molecule has 0 radical (unpaired) electrons. The third-order valence-corrected chi connectivity index (χ3v) is 2.10. The van der Waals surface area contributed by atoms with Gasteiger partial charge in [0.15, 0.2) is 0 Å². The molecule has 0 atom stereocenters. The normalized spacial score (nSPS) is 12.0. The highest BCUT2D eigenvalue weighted by molar-refractivity contribution is 5.75. The van der Waals surface area contributed by atoms with Gasteiger partial charge in [-0.1, -0.05) is 31.5 Å². The molecule has 0 saturated heterocycles. The van der Waals surface area contributed by atoms with Crippen LogP contribution in [0.1, 0.15) is 19.8 Å². The highest BCUT2D eigenvalue weighted by atomic mass is 14.8. The van der Waals surface area contributed by atoms with Gasteiger partial charge in [-0.2, -0.15) is 0 Å². The minimum atomic E-state index is 0.987. The molecular weight excluding hydrogens is 184 g/mol. The number of hydrogen-bond acceptors (Lipinski definition) is 2. The third-order valence-electron chi connectivity index (χ3n) is 2.10. The maximum absolute atomic E-state index is 4.33. The van der Waals surface area contributed by atoms with Crippen LogP contribution in [0.2, 0.25) is 0 Å². The van der Waals surface area contributed by atoms with E-state index >= 15 is 0 Å². The van der Waals surface area contributed by atoms with Crippen LogP contribution in [-0.2, 0) is 0 Å². The fraction of sp³-hybridized carbons (Fsp3) is 0.308. The monoisotopic (exact) mass is 202 g/mol. The first kappa shape index (κ1) is 11.5. The Hall–Kier alpha value is -1.57. The lowest BCUT2D eigenvalue weighted by Gasteiger charge is -2.01. The molecule has 0 spiro atoms. The molecule has 0 aliphatic heterocycles. The summed E-state index contributed by atoms with van der Waals surface area (Å²) in [5, 5.41) is 3.16. The Labute approximate surface area is 91.7 Å². The number of benzene rings is 1. The lowest BCUT2D eigenvalue weighted by Crippen LogP contribution is -2.05. The average Bonchev–Trinajstić information content (AvgIpc) is 2.29. The Bertz CT molecular complexity index is 326. The van der Waals surface area contributed by atoms with E-state index in [0.717, 1.165) is 18.5 Å². The molecule has 1 rings (SSSR count). The Morgan fingerprint density at radius 3 is 2.67 bits per heavy atom. The minimum Gasteiger partial charge on any atom is -0.391 e. The Kier molecular flexibility index (Phi) is 5.23. The molecule has 2 nitrogen and oxygen atoms in total. The van der Waals surface area contributed by atoms with Crippen molar-refractivity contribution in [3.63, 3.8) is 0 Å². The number of hydrogen-bond donors (Lipinski definition) is 1. The summed E-state index contributed by atoms with van der Waals surface area (Å²) < 4.78 is 0. The van der Waals surface area contributed by atoms with Crippen LogP contribution in [0, 0.1) is 0 Å². The van der Waals surface area contributed by atoms with Crippen LogP contribution >= 0.6 is 0 Å². The summed E-state index contributed by atoms with van der Waals surface area (Å²) in [5.41, 5.74) is 2.21. The predicted molar refractivity (Wildman–Crippen MR) is 66.6 cm³/mol. The first-order valence-electron chi connectivity index (χ1n) is 5.33. The number of nitrogens with one attached hydrogen (secondary N) is 1. The van der Waals surface area contributed by atoms with Crippen molar-refractivity contribution in [2.75, 3.05) is 7.05 Å². The first-order valence-corrected chi connectivity index (χ1v) is 5.33. The van der Waals surface area contributed by atoms with E-state index < -0.39 is 0 Å². The smallest absolute Gasteiger partial charge is 0.0629 e. The Morgan fingerprint density at radius 2 is 2.07 bits per heavy atom. The van der Waals surface area contributed by atoms with Crippen molar-refractivity contribution >= 4 is 11.9 Å². The van der Waals surface area contributed by atoms with Gasteiger partial charge in [0.2, 0.25) is 0 Å². The van der Waals surface area contributed by atoms with E-state index in [1.807, 2.05) is 49.7 Å². The van der Waals surface area contributed by atoms with Gasteiger partial charge in [0.1, 0.15) is 0 Å². The number of allylic oxidation sites excluding steroid dienone is 2. The van der Waals surface area contributed by atoms with E-state index in [0.29, 0.717) is 0 Å². The molecule has 0 aromatic heterocycles. The van der Waals surface area contributed by atoms with Crippen LogP contribution in [0.15, 0.2) is 47.1 Å². The van der Waals surface area contributed by atoms with Crippen LogP contribution in [0.5, 0.6) is 0 Å². The predicted octanol–water partition coefficient (Wildman–Crippen LogP) is 3.29. The van der Waals surface area contributed by atoms with E-state index in [2.05, 4.69) is 17.2 Å². The van der Waals surface area contributed by atoms with E-state index in [4.69, 9.17) is 0 Å². The summed E-state index contributed by atoms with van der Waals surface area (Å²) in [6, 6.07) is 9.94. The lowest BCUT2D eigenvalue weighted by atomic mass is 10.2. The van der Waals surface area contributed by atoms with Gasteiger partial charge < -0.3 is 5.32 Å². The van der Waals surface area contributed by atoms with Crippen LogP contribution in [0.25, 0.3) is 0 Å². The van der Waals surface area contributed by atoms with Crippen LogP contribution in [0.3, 0.4) is 0 Å². The lowest BCUT2D eigenvalue weighted by molar-refractivity contribution is 0.818. The summed E-state index contributed by atoms with van der Waals surface area (Å²) in [6.45, 7) is 2.17. The van der Waals surface area contributed by atoms with Crippen LogP contribution in [-0.4, -0.2) is 13.3 Å². The van der Waals surface area contributed by atoms with E-state index in [1.54, 1.807) is 0 Å². The Morgan fingerprint density at radius 1 is 1.33 bits per heavy atom. The first-order chi connectivity index (χ1) is 7.36. The van der Waals surface area contributed by atoms with Gasteiger partial charge in [-0.05, 0) is 24.6 Å². The number of aliphatic imine (C=N–C) groups is 1. The molecule has 15 heavy (non-hydrogen) atoms. The molecule has 1 aromatic rings. The largest absolute Gasteiger partial charge is 0.391 e. The van der Waals surface area contributed by atoms with Crippen molar-refractivity contribution in [3.05, 3.63) is 42.1 Å². The van der Waals surface area contributed by atoms with Crippen LogP contribution in [0.4, 0.5) is 5.69 Å². The fourth-order valence-electron chi connectivity index (χ4n) is 1.29. The molecule has 1 N–H and O–H groups in total. The molecule has 0 saturated carbocycles. The van der Waals surface area contributed by atoms with Gasteiger partial charge in [0, 0.05) is 19.0 Å². The van der Waals surface area contributed by atoms with Gasteiger partial charge in [0.25, 0.3) is 0 Å². The average molecular weight is 202 g/mol. The number of nitrogens with zero attached hydrogens (tertiary/aromatic N) is 1. The zero-order chi connectivity index (χ0) is 10.9. The van der Waals surface area contributed by atoms with E-state index in [9.17, 15) is 0 Å². The number of rotatable bonds is 5. The molecule has 0 unspecified atom stereocenters. The zero-order valence-electron chi connectivity index (χ0n) is 9.40. The molecule has 0 fully saturated rings. The molecule has 0 bridgehead atoms. The maximum atomic E-state index is 4.33. The standard InChI is InChI=1S/C13H18N2/c1-3-7-12(14-2)10-11-15-13-8-5-4-6-9-13/h4-6,8-11,14H,3,7H2,1-2H3. The molecule has 0 aliphatic rings. The second kappa shape index (κ2) is 6.82. The highest BCUT2D eigenvalue weighted by Gasteiger charge is 1.88. The fourth-order valence-corrected chi connectivity index (χ4v) is 1.29. The summed E-state index contributed by atoms with van der Waals surface area (Å²) in [5.74, 6) is 0. The molecule has 0 aliphatic carbocycles. The van der Waals surface area contributed by atoms with Gasteiger partial charge in [0.05, 0.1) is 5.69 Å². The molecule has 0 heterocycles. The zero-order valence-corrected chi connectivity index (χ0v) is 9.40. The minimum absolute atomic E-state index is 0.987. The molecule has 1 aromatic carbocycles. The van der Waals surface area contributed by atoms with Crippen molar-refractivity contribution in [2.24, 2.45) is 4.99 Å². The molecule has 2 heteroatoms. The highest BCUT2D eigenvalue weighted by Crippen LogP contribution is 2.08. The van der Waals surface area contributed by atoms with Crippen molar-refractivity contribution in [3.8, 4) is 0 Å². The molecular formula is C13H18N2. The van der Waals surface area contributed by atoms with Crippen LogP contribution < -0.4 is 5.32 Å². The quantitative estimate of drug-likeness (QED) is 0.728. The molecule has 0 amide bonds. The van der Waals surface area contributed by atoms with Crippen molar-refractivity contribution in [2.45, 2.75) is 19.8 Å². The van der Waals surface area contributed by atoms with Gasteiger partial charge in [-0.25, -0.2) is 0 Å². The second-order valence-electron chi connectivity index (χ2n) is 3.31. The SMILES string of the molecule is CCCC(=CC=Nc1ccccc1)NC. The summed E-state index contributed by atoms with van der Waals surface area (Å²) in [6.07, 6.45) is 6.08. The van der Waals surface area contributed by atoms with Crippen molar-refractivity contribution < 1.29 is 0 Å². The molecule has 80 valence electrons. The van der Waals surface area contributed by atoms with Crippen molar-refractivity contribution in [1.82, 2.24) is 5.32 Å². The van der Waals surface area contributed by atoms with Gasteiger partial charge in [-0.3, -0.25) is 4.99 Å². The topological polar surface area (TPSA) is 24.4 Å². The third kappa shape index (κ3) is 4.45. The summed E-state index contributed by atoms with van der Waals surface area (Å²) in [7, 11) is 1.94. The summed E-state index contributed by atoms with van der Waals surface area (Å²) >= 11 is 0.